The lowest BCUT2D eigenvalue weighted by atomic mass is 10.1. The van der Waals surface area contributed by atoms with Gasteiger partial charge in [-0.3, -0.25) is 4.79 Å². The molecular weight excluding hydrogens is 522 g/mol. The molecule has 0 spiro atoms. The Labute approximate surface area is 239 Å². The van der Waals surface area contributed by atoms with Crippen molar-refractivity contribution in [3.63, 3.8) is 0 Å². The highest BCUT2D eigenvalue weighted by Crippen LogP contribution is 2.35. The zero-order chi connectivity index (χ0) is 28.8. The van der Waals surface area contributed by atoms with E-state index >= 15 is 0 Å². The molecule has 0 atom stereocenters. The third-order valence-corrected chi connectivity index (χ3v) is 6.81. The molecule has 0 saturated carbocycles. The van der Waals surface area contributed by atoms with E-state index in [4.69, 9.17) is 14.2 Å². The number of rotatable bonds is 10. The average molecular weight is 558 g/mol. The second kappa shape index (κ2) is 12.8. The third-order valence-electron chi connectivity index (χ3n) is 6.81. The summed E-state index contributed by atoms with van der Waals surface area (Å²) in [5.74, 6) is 2.40. The number of nitrogens with one attached hydrogen (secondary N) is 2. The fourth-order valence-corrected chi connectivity index (χ4v) is 4.46. The minimum Gasteiger partial charge on any atom is -0.493 e. The fraction of sp³-hybridized carbons (Fsp3) is 0.333. The van der Waals surface area contributed by atoms with Gasteiger partial charge in [0.2, 0.25) is 0 Å². The quantitative estimate of drug-likeness (QED) is 0.295. The second-order valence-corrected chi connectivity index (χ2v) is 10.0. The number of carbonyl (C=O) groups is 1. The van der Waals surface area contributed by atoms with Crippen molar-refractivity contribution < 1.29 is 19.0 Å². The normalized spacial score (nSPS) is 13.3. The third kappa shape index (κ3) is 6.82. The molecular formula is C30H35N7O4. The van der Waals surface area contributed by atoms with Crippen molar-refractivity contribution in [3.8, 4) is 11.5 Å². The number of pyridine rings is 1. The van der Waals surface area contributed by atoms with E-state index in [9.17, 15) is 4.79 Å². The lowest BCUT2D eigenvalue weighted by Gasteiger charge is -2.27. The summed E-state index contributed by atoms with van der Waals surface area (Å²) in [5.41, 5.74) is 3.70. The van der Waals surface area contributed by atoms with Crippen LogP contribution in [0, 0.1) is 6.92 Å². The Morgan fingerprint density at radius 1 is 1.05 bits per heavy atom. The van der Waals surface area contributed by atoms with Gasteiger partial charge in [-0.2, -0.15) is 0 Å². The first kappa shape index (κ1) is 28.1. The van der Waals surface area contributed by atoms with Crippen LogP contribution in [0.5, 0.6) is 11.5 Å². The van der Waals surface area contributed by atoms with Crippen LogP contribution in [0.15, 0.2) is 55.0 Å². The molecule has 1 amide bonds. The lowest BCUT2D eigenvalue weighted by molar-refractivity contribution is 0.102. The molecule has 1 saturated heterocycles. The summed E-state index contributed by atoms with van der Waals surface area (Å²) in [7, 11) is 5.60. The number of nitrogens with zero attached hydrogens (tertiary/aromatic N) is 5. The molecule has 11 heteroatoms. The molecule has 1 fully saturated rings. The van der Waals surface area contributed by atoms with Crippen molar-refractivity contribution in [1.82, 2.24) is 19.9 Å². The number of aryl methyl sites for hydroxylation is 1. The van der Waals surface area contributed by atoms with Crippen LogP contribution < -0.4 is 25.0 Å². The Kier molecular flexibility index (Phi) is 8.76. The minimum absolute atomic E-state index is 0.212. The van der Waals surface area contributed by atoms with Gasteiger partial charge in [-0.1, -0.05) is 6.07 Å². The highest BCUT2D eigenvalue weighted by atomic mass is 16.5. The van der Waals surface area contributed by atoms with E-state index in [1.807, 2.05) is 57.4 Å². The van der Waals surface area contributed by atoms with E-state index in [1.54, 1.807) is 19.4 Å². The number of morpholine rings is 1. The molecule has 2 N–H and O–H groups in total. The van der Waals surface area contributed by atoms with Gasteiger partial charge in [0.05, 0.1) is 25.8 Å². The molecule has 0 unspecified atom stereocenters. The van der Waals surface area contributed by atoms with E-state index in [2.05, 4.69) is 35.4 Å². The SMILES string of the molecule is COc1cc2ncnc(Nc3cc(NC(=O)c4ccnc(N5CCOCC5)c4)ccc3C)c2cc1OCCN(C)C. The summed E-state index contributed by atoms with van der Waals surface area (Å²) in [5, 5.41) is 7.22. The van der Waals surface area contributed by atoms with Crippen molar-refractivity contribution in [2.24, 2.45) is 0 Å². The standard InChI is InChI=1S/C30H35N7O4/c1-20-5-6-22(34-30(38)21-7-8-31-28(15-21)37-10-12-40-13-11-37)16-24(20)35-29-23-17-27(41-14-9-36(2)3)26(39-4)18-25(23)32-19-33-29/h5-8,15-19H,9-14H2,1-4H3,(H,34,38)(H,32,33,35). The highest BCUT2D eigenvalue weighted by Gasteiger charge is 2.16. The number of benzene rings is 2. The molecule has 214 valence electrons. The van der Waals surface area contributed by atoms with Crippen LogP contribution in [-0.2, 0) is 4.74 Å². The summed E-state index contributed by atoms with van der Waals surface area (Å²) in [6, 6.07) is 13.0. The number of hydrogen-bond acceptors (Lipinski definition) is 10. The van der Waals surface area contributed by atoms with Crippen LogP contribution in [-0.4, -0.2) is 86.4 Å². The Bertz CT molecular complexity index is 1520. The van der Waals surface area contributed by atoms with Gasteiger partial charge < -0.3 is 34.6 Å². The monoisotopic (exact) mass is 557 g/mol. The van der Waals surface area contributed by atoms with Gasteiger partial charge in [-0.05, 0) is 56.9 Å². The number of ether oxygens (including phenoxy) is 3. The molecule has 2 aromatic heterocycles. The largest absolute Gasteiger partial charge is 0.493 e. The summed E-state index contributed by atoms with van der Waals surface area (Å²) < 4.78 is 17.0. The topological polar surface area (TPSA) is 114 Å². The zero-order valence-electron chi connectivity index (χ0n) is 23.8. The molecule has 3 heterocycles. The van der Waals surface area contributed by atoms with Gasteiger partial charge in [0.25, 0.3) is 5.91 Å². The minimum atomic E-state index is -0.212. The molecule has 1 aliphatic heterocycles. The summed E-state index contributed by atoms with van der Waals surface area (Å²) in [4.78, 5) is 30.7. The average Bonchev–Trinajstić information content (AvgIpc) is 2.99. The molecule has 0 radical (unpaired) electrons. The zero-order valence-corrected chi connectivity index (χ0v) is 23.8. The molecule has 0 bridgehead atoms. The molecule has 41 heavy (non-hydrogen) atoms. The van der Waals surface area contributed by atoms with Crippen LogP contribution in [0.2, 0.25) is 0 Å². The predicted molar refractivity (Wildman–Crippen MR) is 160 cm³/mol. The van der Waals surface area contributed by atoms with Crippen LogP contribution in [0.3, 0.4) is 0 Å². The predicted octanol–water partition coefficient (Wildman–Crippen LogP) is 4.11. The van der Waals surface area contributed by atoms with Crippen LogP contribution >= 0.6 is 0 Å². The van der Waals surface area contributed by atoms with Crippen molar-refractivity contribution in [2.45, 2.75) is 6.92 Å². The van der Waals surface area contributed by atoms with Gasteiger partial charge in [0.15, 0.2) is 11.5 Å². The van der Waals surface area contributed by atoms with Gasteiger partial charge in [-0.15, -0.1) is 0 Å². The second-order valence-electron chi connectivity index (χ2n) is 10.0. The first-order valence-electron chi connectivity index (χ1n) is 13.5. The van der Waals surface area contributed by atoms with Crippen LogP contribution in [0.25, 0.3) is 10.9 Å². The number of hydrogen-bond donors (Lipinski definition) is 2. The van der Waals surface area contributed by atoms with Gasteiger partial charge in [0.1, 0.15) is 24.6 Å². The molecule has 4 aromatic rings. The number of methoxy groups -OCH3 is 1. The van der Waals surface area contributed by atoms with Gasteiger partial charge in [0, 0.05) is 54.2 Å². The van der Waals surface area contributed by atoms with E-state index < -0.39 is 0 Å². The number of anilines is 4. The number of likely N-dealkylation sites (N-methyl/N-ethyl adjacent to an activating group) is 1. The fourth-order valence-electron chi connectivity index (χ4n) is 4.46. The van der Waals surface area contributed by atoms with Crippen molar-refractivity contribution >= 4 is 39.8 Å². The van der Waals surface area contributed by atoms with E-state index in [0.29, 0.717) is 48.4 Å². The van der Waals surface area contributed by atoms with Gasteiger partial charge in [-0.25, -0.2) is 15.0 Å². The number of aromatic nitrogens is 3. The maximum atomic E-state index is 13.2. The summed E-state index contributed by atoms with van der Waals surface area (Å²) >= 11 is 0. The summed E-state index contributed by atoms with van der Waals surface area (Å²) in [6.45, 7) is 6.07. The molecule has 2 aromatic carbocycles. The molecule has 1 aliphatic rings. The van der Waals surface area contributed by atoms with Crippen molar-refractivity contribution in [1.29, 1.82) is 0 Å². The van der Waals surface area contributed by atoms with E-state index in [-0.39, 0.29) is 5.91 Å². The number of carbonyl (C=O) groups excluding carboxylic acids is 1. The Balaban J connectivity index is 1.36. The smallest absolute Gasteiger partial charge is 0.255 e. The maximum absolute atomic E-state index is 13.2. The number of fused-ring (bicyclic) bond motifs is 1. The first-order chi connectivity index (χ1) is 19.9. The summed E-state index contributed by atoms with van der Waals surface area (Å²) in [6.07, 6.45) is 3.17. The number of amides is 1. The van der Waals surface area contributed by atoms with Crippen LogP contribution in [0.1, 0.15) is 15.9 Å². The van der Waals surface area contributed by atoms with E-state index in [0.717, 1.165) is 47.6 Å². The van der Waals surface area contributed by atoms with E-state index in [1.165, 1.54) is 6.33 Å². The molecule has 11 nitrogen and oxygen atoms in total. The van der Waals surface area contributed by atoms with Crippen molar-refractivity contribution in [2.75, 3.05) is 76.2 Å². The first-order valence-corrected chi connectivity index (χ1v) is 13.5. The van der Waals surface area contributed by atoms with Gasteiger partial charge >= 0.3 is 0 Å². The van der Waals surface area contributed by atoms with Crippen molar-refractivity contribution in [3.05, 3.63) is 66.1 Å². The van der Waals surface area contributed by atoms with Crippen LogP contribution in [0.4, 0.5) is 23.0 Å². The Morgan fingerprint density at radius 2 is 1.88 bits per heavy atom. The Morgan fingerprint density at radius 3 is 2.66 bits per heavy atom. The Hall–Kier alpha value is -4.48. The maximum Gasteiger partial charge on any atom is 0.255 e. The molecule has 5 rings (SSSR count). The molecule has 0 aliphatic carbocycles. The highest BCUT2D eigenvalue weighted by molar-refractivity contribution is 6.05. The lowest BCUT2D eigenvalue weighted by Crippen LogP contribution is -2.36.